The van der Waals surface area contributed by atoms with Crippen LogP contribution in [0.1, 0.15) is 24.3 Å². The Morgan fingerprint density at radius 1 is 1.29 bits per heavy atom. The molecule has 1 amide bonds. The lowest BCUT2D eigenvalue weighted by Crippen LogP contribution is -2.30. The molecule has 0 bridgehead atoms. The molecule has 0 saturated heterocycles. The summed E-state index contributed by atoms with van der Waals surface area (Å²) in [6, 6.07) is 7.53. The van der Waals surface area contributed by atoms with Crippen LogP contribution in [-0.4, -0.2) is 28.5 Å². The Balaban J connectivity index is 1.92. The Bertz CT molecular complexity index is 691. The molecule has 0 atom stereocenters. The number of ether oxygens (including phenoxy) is 2. The molecule has 1 aromatic heterocycles. The summed E-state index contributed by atoms with van der Waals surface area (Å²) in [4.78, 5) is 12.0. The Hall–Kier alpha value is -2.50. The van der Waals surface area contributed by atoms with Gasteiger partial charge in [-0.2, -0.15) is 5.10 Å². The van der Waals surface area contributed by atoms with Crippen LogP contribution in [-0.2, 0) is 7.05 Å². The van der Waals surface area contributed by atoms with Crippen LogP contribution >= 0.6 is 0 Å². The fourth-order valence-electron chi connectivity index (χ4n) is 2.24. The quantitative estimate of drug-likeness (QED) is 0.937. The van der Waals surface area contributed by atoms with Gasteiger partial charge >= 0.3 is 0 Å². The predicted octanol–water partition coefficient (Wildman–Crippen LogP) is 1.95. The summed E-state index contributed by atoms with van der Waals surface area (Å²) in [7, 11) is 1.81. The third-order valence-electron chi connectivity index (χ3n) is 3.20. The molecule has 21 heavy (non-hydrogen) atoms. The third kappa shape index (κ3) is 2.56. The summed E-state index contributed by atoms with van der Waals surface area (Å²) in [5, 5.41) is 7.10. The van der Waals surface area contributed by atoms with Crippen molar-refractivity contribution in [2.45, 2.75) is 19.9 Å². The van der Waals surface area contributed by atoms with E-state index in [2.05, 4.69) is 10.4 Å². The summed E-state index contributed by atoms with van der Waals surface area (Å²) in [6.07, 6.45) is 0. The molecule has 3 rings (SSSR count). The number of hydrogen-bond acceptors (Lipinski definition) is 4. The third-order valence-corrected chi connectivity index (χ3v) is 3.20. The summed E-state index contributed by atoms with van der Waals surface area (Å²) in [6.45, 7) is 4.07. The van der Waals surface area contributed by atoms with Crippen molar-refractivity contribution in [2.24, 2.45) is 7.05 Å². The van der Waals surface area contributed by atoms with Gasteiger partial charge in [-0.25, -0.2) is 0 Å². The van der Waals surface area contributed by atoms with Gasteiger partial charge < -0.3 is 14.8 Å². The first kappa shape index (κ1) is 13.5. The number of hydrogen-bond donors (Lipinski definition) is 1. The van der Waals surface area contributed by atoms with E-state index in [9.17, 15) is 4.79 Å². The van der Waals surface area contributed by atoms with Gasteiger partial charge in [0.25, 0.3) is 5.91 Å². The Labute approximate surface area is 122 Å². The van der Waals surface area contributed by atoms with E-state index in [1.807, 2.05) is 39.1 Å². The predicted molar refractivity (Wildman–Crippen MR) is 77.4 cm³/mol. The highest BCUT2D eigenvalue weighted by Crippen LogP contribution is 2.35. The maximum Gasteiger partial charge on any atom is 0.271 e. The van der Waals surface area contributed by atoms with Crippen molar-refractivity contribution >= 4 is 5.91 Å². The molecule has 0 radical (unpaired) electrons. The Kier molecular flexibility index (Phi) is 3.29. The maximum atomic E-state index is 12.0. The van der Waals surface area contributed by atoms with E-state index in [0.717, 1.165) is 17.0 Å². The molecule has 1 aromatic carbocycles. The minimum Gasteiger partial charge on any atom is -0.454 e. The molecule has 1 N–H and O–H groups in total. The number of aryl methyl sites for hydroxylation is 1. The molecular weight excluding hydrogens is 270 g/mol. The van der Waals surface area contributed by atoms with Crippen molar-refractivity contribution in [3.63, 3.8) is 0 Å². The van der Waals surface area contributed by atoms with Crippen LogP contribution in [0.3, 0.4) is 0 Å². The number of rotatable bonds is 3. The van der Waals surface area contributed by atoms with Crippen LogP contribution in [0.4, 0.5) is 0 Å². The Morgan fingerprint density at radius 2 is 2.05 bits per heavy atom. The van der Waals surface area contributed by atoms with Crippen LogP contribution in [0, 0.1) is 0 Å². The van der Waals surface area contributed by atoms with E-state index in [-0.39, 0.29) is 18.7 Å². The van der Waals surface area contributed by atoms with Gasteiger partial charge in [0.15, 0.2) is 17.2 Å². The van der Waals surface area contributed by atoms with Gasteiger partial charge in [-0.15, -0.1) is 0 Å². The molecule has 0 aliphatic carbocycles. The number of aromatic nitrogens is 2. The first-order chi connectivity index (χ1) is 10.0. The van der Waals surface area contributed by atoms with Crippen molar-refractivity contribution < 1.29 is 14.3 Å². The van der Waals surface area contributed by atoms with E-state index in [1.165, 1.54) is 0 Å². The molecule has 110 valence electrons. The number of nitrogens with one attached hydrogen (secondary N) is 1. The maximum absolute atomic E-state index is 12.0. The van der Waals surface area contributed by atoms with Gasteiger partial charge in [-0.3, -0.25) is 9.48 Å². The second-order valence-electron chi connectivity index (χ2n) is 5.23. The van der Waals surface area contributed by atoms with Crippen LogP contribution < -0.4 is 14.8 Å². The monoisotopic (exact) mass is 287 g/mol. The topological polar surface area (TPSA) is 65.4 Å². The van der Waals surface area contributed by atoms with Gasteiger partial charge in [-0.1, -0.05) is 0 Å². The zero-order valence-corrected chi connectivity index (χ0v) is 12.2. The molecule has 0 spiro atoms. The van der Waals surface area contributed by atoms with Crippen LogP contribution in [0.25, 0.3) is 11.3 Å². The van der Waals surface area contributed by atoms with Gasteiger partial charge in [-0.05, 0) is 38.1 Å². The highest BCUT2D eigenvalue weighted by Gasteiger charge is 2.18. The van der Waals surface area contributed by atoms with Gasteiger partial charge in [0.2, 0.25) is 6.79 Å². The van der Waals surface area contributed by atoms with Gasteiger partial charge in [0, 0.05) is 18.7 Å². The first-order valence-corrected chi connectivity index (χ1v) is 6.79. The van der Waals surface area contributed by atoms with Crippen molar-refractivity contribution in [1.82, 2.24) is 15.1 Å². The summed E-state index contributed by atoms with van der Waals surface area (Å²) < 4.78 is 12.4. The van der Waals surface area contributed by atoms with Crippen molar-refractivity contribution in [3.05, 3.63) is 30.0 Å². The molecule has 2 heterocycles. The summed E-state index contributed by atoms with van der Waals surface area (Å²) >= 11 is 0. The van der Waals surface area contributed by atoms with Gasteiger partial charge in [0.1, 0.15) is 0 Å². The second-order valence-corrected chi connectivity index (χ2v) is 5.23. The molecule has 1 aliphatic heterocycles. The van der Waals surface area contributed by atoms with E-state index in [1.54, 1.807) is 10.7 Å². The number of fused-ring (bicyclic) bond motifs is 1. The number of carbonyl (C=O) groups is 1. The lowest BCUT2D eigenvalue weighted by Gasteiger charge is -2.04. The van der Waals surface area contributed by atoms with Crippen LogP contribution in [0.2, 0.25) is 0 Å². The largest absolute Gasteiger partial charge is 0.454 e. The average Bonchev–Trinajstić information content (AvgIpc) is 3.03. The number of amides is 1. The highest BCUT2D eigenvalue weighted by atomic mass is 16.7. The van der Waals surface area contributed by atoms with Crippen molar-refractivity contribution in [1.29, 1.82) is 0 Å². The molecule has 1 aliphatic rings. The smallest absolute Gasteiger partial charge is 0.271 e. The van der Waals surface area contributed by atoms with E-state index < -0.39 is 0 Å². The zero-order valence-electron chi connectivity index (χ0n) is 12.2. The molecule has 0 fully saturated rings. The van der Waals surface area contributed by atoms with Crippen molar-refractivity contribution in [2.75, 3.05) is 6.79 Å². The molecule has 6 heteroatoms. The van der Waals surface area contributed by atoms with Crippen molar-refractivity contribution in [3.8, 4) is 22.8 Å². The van der Waals surface area contributed by atoms with E-state index >= 15 is 0 Å². The molecule has 0 saturated carbocycles. The number of nitrogens with zero attached hydrogens (tertiary/aromatic N) is 2. The van der Waals surface area contributed by atoms with E-state index in [0.29, 0.717) is 11.4 Å². The van der Waals surface area contributed by atoms with Crippen LogP contribution in [0.5, 0.6) is 11.5 Å². The fourth-order valence-corrected chi connectivity index (χ4v) is 2.24. The second kappa shape index (κ2) is 5.12. The lowest BCUT2D eigenvalue weighted by molar-refractivity contribution is 0.0937. The fraction of sp³-hybridized carbons (Fsp3) is 0.333. The van der Waals surface area contributed by atoms with Gasteiger partial charge in [0.05, 0.1) is 5.69 Å². The average molecular weight is 287 g/mol. The number of benzene rings is 1. The minimum atomic E-state index is -0.174. The number of carbonyl (C=O) groups excluding carboxylic acids is 1. The standard InChI is InChI=1S/C15H17N3O3/c1-9(2)16-15(19)11-7-12(18(3)17-11)10-4-5-13-14(6-10)21-8-20-13/h4-7,9H,8H2,1-3H3,(H,16,19). The summed E-state index contributed by atoms with van der Waals surface area (Å²) in [5.41, 5.74) is 2.18. The highest BCUT2D eigenvalue weighted by molar-refractivity contribution is 5.93. The molecule has 6 nitrogen and oxygen atoms in total. The molecule has 0 unspecified atom stereocenters. The minimum absolute atomic E-state index is 0.0773. The Morgan fingerprint density at radius 3 is 2.81 bits per heavy atom. The SMILES string of the molecule is CC(C)NC(=O)c1cc(-c2ccc3c(c2)OCO3)n(C)n1. The first-order valence-electron chi connectivity index (χ1n) is 6.79. The van der Waals surface area contributed by atoms with E-state index in [4.69, 9.17) is 9.47 Å². The van der Waals surface area contributed by atoms with Crippen LogP contribution in [0.15, 0.2) is 24.3 Å². The normalized spacial score (nSPS) is 12.8. The zero-order chi connectivity index (χ0) is 15.0. The lowest BCUT2D eigenvalue weighted by atomic mass is 10.1. The summed E-state index contributed by atoms with van der Waals surface area (Å²) in [5.74, 6) is 1.27. The molecular formula is C15H17N3O3. The molecule has 2 aromatic rings.